The number of amidine groups is 2. The average molecular weight is 311 g/mol. The fourth-order valence-corrected chi connectivity index (χ4v) is 2.01. The molecule has 0 radical (unpaired) electrons. The topological polar surface area (TPSA) is 137 Å². The number of benzene rings is 2. The summed E-state index contributed by atoms with van der Waals surface area (Å²) in [7, 11) is 0. The third-order valence-electron chi connectivity index (χ3n) is 3.08. The van der Waals surface area contributed by atoms with Crippen molar-refractivity contribution in [1.82, 2.24) is 0 Å². The summed E-state index contributed by atoms with van der Waals surface area (Å²) in [6.07, 6.45) is 0. The van der Waals surface area contributed by atoms with Crippen molar-refractivity contribution >= 4 is 23.6 Å². The molecule has 0 bridgehead atoms. The van der Waals surface area contributed by atoms with Gasteiger partial charge in [-0.2, -0.15) is 0 Å². The van der Waals surface area contributed by atoms with E-state index in [2.05, 4.69) is 4.99 Å². The molecule has 3 rings (SSSR count). The van der Waals surface area contributed by atoms with Gasteiger partial charge in [-0.3, -0.25) is 5.41 Å². The van der Waals surface area contributed by atoms with Crippen LogP contribution in [-0.4, -0.2) is 33.8 Å². The maximum atomic E-state index is 10.5. The monoisotopic (exact) mass is 311 g/mol. The summed E-state index contributed by atoms with van der Waals surface area (Å²) in [6.45, 7) is 0. The minimum absolute atomic E-state index is 0.190. The van der Waals surface area contributed by atoms with Crippen LogP contribution in [0, 0.1) is 5.41 Å². The minimum atomic E-state index is -1.23. The molecule has 1 aliphatic rings. The summed E-state index contributed by atoms with van der Waals surface area (Å²) in [5.41, 5.74) is 6.86. The Balaban J connectivity index is 0.000000167. The van der Waals surface area contributed by atoms with E-state index in [0.29, 0.717) is 5.84 Å². The molecule has 0 atom stereocenters. The van der Waals surface area contributed by atoms with Crippen molar-refractivity contribution < 1.29 is 19.8 Å². The summed E-state index contributed by atoms with van der Waals surface area (Å²) < 4.78 is 0. The van der Waals surface area contributed by atoms with Crippen molar-refractivity contribution in [3.8, 4) is 0 Å². The number of aromatic carboxylic acids is 2. The molecule has 0 amide bonds. The van der Waals surface area contributed by atoms with Gasteiger partial charge in [0, 0.05) is 11.1 Å². The van der Waals surface area contributed by atoms with Crippen molar-refractivity contribution in [2.45, 2.75) is 0 Å². The molecule has 1 aliphatic heterocycles. The van der Waals surface area contributed by atoms with Crippen LogP contribution < -0.4 is 5.73 Å². The van der Waals surface area contributed by atoms with Gasteiger partial charge < -0.3 is 15.9 Å². The van der Waals surface area contributed by atoms with Crippen LogP contribution in [-0.2, 0) is 0 Å². The second-order valence-electron chi connectivity index (χ2n) is 4.55. The summed E-state index contributed by atoms with van der Waals surface area (Å²) in [6, 6.07) is 13.0. The minimum Gasteiger partial charge on any atom is -0.478 e. The normalized spacial score (nSPS) is 11.8. The van der Waals surface area contributed by atoms with Gasteiger partial charge in [0.25, 0.3) is 0 Å². The van der Waals surface area contributed by atoms with Crippen LogP contribution in [0.1, 0.15) is 31.8 Å². The van der Waals surface area contributed by atoms with Crippen LogP contribution >= 0.6 is 0 Å². The fraction of sp³-hybridized carbons (Fsp3) is 0. The molecule has 7 nitrogen and oxygen atoms in total. The molecule has 2 aromatic rings. The summed E-state index contributed by atoms with van der Waals surface area (Å²) in [5.74, 6) is -1.75. The maximum Gasteiger partial charge on any atom is 0.336 e. The molecule has 0 aliphatic carbocycles. The number of rotatable bonds is 2. The fourth-order valence-electron chi connectivity index (χ4n) is 2.01. The van der Waals surface area contributed by atoms with Crippen LogP contribution in [0.15, 0.2) is 53.5 Å². The van der Waals surface area contributed by atoms with Gasteiger partial charge in [0.1, 0.15) is 5.84 Å². The predicted molar refractivity (Wildman–Crippen MR) is 84.4 cm³/mol. The Morgan fingerprint density at radius 2 is 1.30 bits per heavy atom. The largest absolute Gasteiger partial charge is 0.478 e. The average Bonchev–Trinajstić information content (AvgIpc) is 2.83. The first-order valence-electron chi connectivity index (χ1n) is 6.50. The number of aliphatic imine (C=N–C) groups is 1. The molecule has 23 heavy (non-hydrogen) atoms. The highest BCUT2D eigenvalue weighted by atomic mass is 16.4. The van der Waals surface area contributed by atoms with Gasteiger partial charge in [-0.05, 0) is 12.1 Å². The van der Waals surface area contributed by atoms with Crippen LogP contribution in [0.2, 0.25) is 0 Å². The second kappa shape index (κ2) is 6.52. The summed E-state index contributed by atoms with van der Waals surface area (Å²) in [4.78, 5) is 24.8. The molecular weight excluding hydrogens is 298 g/mol. The Morgan fingerprint density at radius 1 is 0.870 bits per heavy atom. The van der Waals surface area contributed by atoms with Crippen LogP contribution in [0.4, 0.5) is 0 Å². The SMILES string of the molecule is N=C1N=C(N)c2ccccc21.O=C(O)c1ccccc1C(=O)O. The number of carboxylic acid groups (broad SMARTS) is 2. The number of carboxylic acids is 2. The van der Waals surface area contributed by atoms with Gasteiger partial charge in [0.05, 0.1) is 11.1 Å². The lowest BCUT2D eigenvalue weighted by Crippen LogP contribution is -2.09. The van der Waals surface area contributed by atoms with Gasteiger partial charge in [0.2, 0.25) is 0 Å². The molecule has 0 fully saturated rings. The molecule has 0 saturated heterocycles. The van der Waals surface area contributed by atoms with Gasteiger partial charge in [0.15, 0.2) is 5.84 Å². The first-order chi connectivity index (χ1) is 10.9. The molecule has 0 aromatic heterocycles. The Bertz CT molecular complexity index is 795. The van der Waals surface area contributed by atoms with E-state index in [9.17, 15) is 9.59 Å². The van der Waals surface area contributed by atoms with E-state index in [4.69, 9.17) is 21.4 Å². The Hall–Kier alpha value is -3.48. The number of carbonyl (C=O) groups is 2. The van der Waals surface area contributed by atoms with Gasteiger partial charge in [-0.25, -0.2) is 14.6 Å². The van der Waals surface area contributed by atoms with E-state index in [-0.39, 0.29) is 17.0 Å². The number of nitrogens with one attached hydrogen (secondary N) is 1. The molecule has 2 aromatic carbocycles. The van der Waals surface area contributed by atoms with Crippen LogP contribution in [0.25, 0.3) is 0 Å². The zero-order valence-corrected chi connectivity index (χ0v) is 11.9. The van der Waals surface area contributed by atoms with Crippen LogP contribution in [0.3, 0.4) is 0 Å². The lowest BCUT2D eigenvalue weighted by atomic mass is 10.1. The van der Waals surface area contributed by atoms with Crippen molar-refractivity contribution in [1.29, 1.82) is 5.41 Å². The summed E-state index contributed by atoms with van der Waals surface area (Å²) >= 11 is 0. The quantitative estimate of drug-likeness (QED) is 0.670. The number of hydrogen-bond donors (Lipinski definition) is 4. The van der Waals surface area contributed by atoms with E-state index >= 15 is 0 Å². The standard InChI is InChI=1S/C8H7N3.C8H6O4/c9-7-5-3-1-2-4-6(5)8(10)11-7;9-7(10)5-3-1-2-4-6(5)8(11)12/h1-4H,(H3,9,10,11);1-4H,(H,9,10)(H,11,12). The molecule has 7 heteroatoms. The molecule has 0 unspecified atom stereocenters. The third-order valence-corrected chi connectivity index (χ3v) is 3.08. The lowest BCUT2D eigenvalue weighted by Gasteiger charge is -1.98. The van der Waals surface area contributed by atoms with Gasteiger partial charge in [-0.1, -0.05) is 36.4 Å². The number of fused-ring (bicyclic) bond motifs is 1. The second-order valence-corrected chi connectivity index (χ2v) is 4.55. The Kier molecular flexibility index (Phi) is 4.51. The van der Waals surface area contributed by atoms with E-state index in [0.717, 1.165) is 11.1 Å². The first-order valence-corrected chi connectivity index (χ1v) is 6.50. The zero-order valence-electron chi connectivity index (χ0n) is 11.9. The van der Waals surface area contributed by atoms with E-state index in [1.807, 2.05) is 24.3 Å². The molecule has 116 valence electrons. The van der Waals surface area contributed by atoms with Gasteiger partial charge >= 0.3 is 11.9 Å². The van der Waals surface area contributed by atoms with Crippen molar-refractivity contribution in [3.63, 3.8) is 0 Å². The maximum absolute atomic E-state index is 10.5. The molecule has 0 spiro atoms. The lowest BCUT2D eigenvalue weighted by molar-refractivity contribution is 0.0651. The number of nitrogens with zero attached hydrogens (tertiary/aromatic N) is 1. The highest BCUT2D eigenvalue weighted by Gasteiger charge is 2.16. The smallest absolute Gasteiger partial charge is 0.336 e. The summed E-state index contributed by atoms with van der Waals surface area (Å²) in [5, 5.41) is 24.5. The Labute approximate surface area is 131 Å². The highest BCUT2D eigenvalue weighted by molar-refractivity contribution is 6.20. The van der Waals surface area contributed by atoms with Crippen LogP contribution in [0.5, 0.6) is 0 Å². The number of nitrogens with two attached hydrogens (primary N) is 1. The molecule has 5 N–H and O–H groups in total. The van der Waals surface area contributed by atoms with E-state index < -0.39 is 11.9 Å². The van der Waals surface area contributed by atoms with Crippen molar-refractivity contribution in [3.05, 3.63) is 70.8 Å². The molecule has 0 saturated carbocycles. The van der Waals surface area contributed by atoms with Crippen molar-refractivity contribution in [2.24, 2.45) is 10.7 Å². The van der Waals surface area contributed by atoms with Crippen molar-refractivity contribution in [2.75, 3.05) is 0 Å². The Morgan fingerprint density at radius 3 is 1.74 bits per heavy atom. The molecular formula is C16H13N3O4. The number of hydrogen-bond acceptors (Lipinski definition) is 4. The first kappa shape index (κ1) is 15.9. The highest BCUT2D eigenvalue weighted by Crippen LogP contribution is 2.15. The van der Waals surface area contributed by atoms with E-state index in [1.165, 1.54) is 24.3 Å². The van der Waals surface area contributed by atoms with Gasteiger partial charge in [-0.15, -0.1) is 0 Å². The van der Waals surface area contributed by atoms with E-state index in [1.54, 1.807) is 0 Å². The zero-order chi connectivity index (χ0) is 17.0. The third kappa shape index (κ3) is 3.41. The predicted octanol–water partition coefficient (Wildman–Crippen LogP) is 1.81. The molecule has 1 heterocycles.